The Kier molecular flexibility index (Phi) is 4.11. The molecule has 1 aromatic carbocycles. The lowest BCUT2D eigenvalue weighted by Crippen LogP contribution is -2.48. The molecule has 0 radical (unpaired) electrons. The Balaban J connectivity index is 1.88. The Morgan fingerprint density at radius 2 is 2.05 bits per heavy atom. The first-order valence-electron chi connectivity index (χ1n) is 6.24. The second-order valence-electron chi connectivity index (χ2n) is 4.66. The molecule has 1 heterocycles. The van der Waals surface area contributed by atoms with E-state index in [-0.39, 0.29) is 24.0 Å². The van der Waals surface area contributed by atoms with E-state index in [1.807, 2.05) is 7.05 Å². The first kappa shape index (κ1) is 13.5. The fourth-order valence-electron chi connectivity index (χ4n) is 1.94. The summed E-state index contributed by atoms with van der Waals surface area (Å²) in [6.07, 6.45) is 0. The van der Waals surface area contributed by atoms with Crippen molar-refractivity contribution in [2.24, 2.45) is 0 Å². The molecule has 6 nitrogen and oxygen atoms in total. The maximum Gasteiger partial charge on any atom is 0.260 e. The van der Waals surface area contributed by atoms with E-state index >= 15 is 0 Å². The maximum absolute atomic E-state index is 12.0. The van der Waals surface area contributed by atoms with Crippen LogP contribution in [0.15, 0.2) is 18.2 Å². The normalized spacial score (nSPS) is 16.4. The van der Waals surface area contributed by atoms with Gasteiger partial charge in [-0.3, -0.25) is 4.79 Å². The number of ether oxygens (including phenoxy) is 1. The average Bonchev–Trinajstić information content (AvgIpc) is 2.41. The van der Waals surface area contributed by atoms with Gasteiger partial charge in [0.25, 0.3) is 5.91 Å². The second kappa shape index (κ2) is 5.79. The van der Waals surface area contributed by atoms with Crippen LogP contribution in [0, 0.1) is 0 Å². The van der Waals surface area contributed by atoms with Gasteiger partial charge in [-0.25, -0.2) is 0 Å². The number of anilines is 1. The summed E-state index contributed by atoms with van der Waals surface area (Å²) in [6.45, 7) is 3.12. The van der Waals surface area contributed by atoms with Gasteiger partial charge in [-0.2, -0.15) is 0 Å². The zero-order chi connectivity index (χ0) is 13.8. The topological polar surface area (TPSA) is 79.0 Å². The number of carbonyl (C=O) groups is 1. The van der Waals surface area contributed by atoms with Crippen LogP contribution >= 0.6 is 0 Å². The molecule has 0 aliphatic carbocycles. The predicted molar refractivity (Wildman–Crippen MR) is 72.1 cm³/mol. The number of carbonyl (C=O) groups excluding carboxylic acids is 1. The molecule has 1 aliphatic heterocycles. The third-order valence-corrected chi connectivity index (χ3v) is 3.25. The molecule has 104 valence electrons. The van der Waals surface area contributed by atoms with Gasteiger partial charge in [0.15, 0.2) is 6.61 Å². The molecule has 6 heteroatoms. The Labute approximate surface area is 112 Å². The van der Waals surface area contributed by atoms with Crippen molar-refractivity contribution < 1.29 is 14.6 Å². The van der Waals surface area contributed by atoms with E-state index in [0.717, 1.165) is 13.1 Å². The molecule has 0 unspecified atom stereocenters. The number of nitrogens with zero attached hydrogens (tertiary/aromatic N) is 2. The van der Waals surface area contributed by atoms with Gasteiger partial charge in [0.2, 0.25) is 0 Å². The van der Waals surface area contributed by atoms with E-state index < -0.39 is 0 Å². The van der Waals surface area contributed by atoms with E-state index in [0.29, 0.717) is 18.8 Å². The Morgan fingerprint density at radius 1 is 1.37 bits per heavy atom. The van der Waals surface area contributed by atoms with Gasteiger partial charge in [-0.15, -0.1) is 0 Å². The van der Waals surface area contributed by atoms with E-state index in [2.05, 4.69) is 4.90 Å². The first-order chi connectivity index (χ1) is 9.08. The van der Waals surface area contributed by atoms with Crippen LogP contribution in [0.3, 0.4) is 0 Å². The molecule has 0 bridgehead atoms. The number of hydrogen-bond acceptors (Lipinski definition) is 5. The molecule has 1 fully saturated rings. The number of para-hydroxylation sites is 1. The summed E-state index contributed by atoms with van der Waals surface area (Å²) in [7, 11) is 2.03. The van der Waals surface area contributed by atoms with Gasteiger partial charge < -0.3 is 25.4 Å². The number of piperazine rings is 1. The van der Waals surface area contributed by atoms with Gasteiger partial charge in [-0.05, 0) is 19.2 Å². The summed E-state index contributed by atoms with van der Waals surface area (Å²) >= 11 is 0. The minimum atomic E-state index is -0.0594. The number of aromatic hydroxyl groups is 1. The third-order valence-electron chi connectivity index (χ3n) is 3.25. The summed E-state index contributed by atoms with van der Waals surface area (Å²) in [5.74, 6) is 0.239. The SMILES string of the molecule is CN1CCN(C(=O)COc2cccc(O)c2N)CC1. The van der Waals surface area contributed by atoms with Crippen molar-refractivity contribution >= 4 is 11.6 Å². The molecular weight excluding hydrogens is 246 g/mol. The maximum atomic E-state index is 12.0. The number of phenolic OH excluding ortho intramolecular Hbond substituents is 1. The molecule has 1 saturated heterocycles. The lowest BCUT2D eigenvalue weighted by molar-refractivity contribution is -0.134. The van der Waals surface area contributed by atoms with E-state index in [4.69, 9.17) is 10.5 Å². The number of phenols is 1. The number of nitrogen functional groups attached to an aromatic ring is 1. The average molecular weight is 265 g/mol. The number of hydrogen-bond donors (Lipinski definition) is 2. The summed E-state index contributed by atoms with van der Waals surface area (Å²) in [4.78, 5) is 15.9. The summed E-state index contributed by atoms with van der Waals surface area (Å²) < 4.78 is 5.37. The van der Waals surface area contributed by atoms with Crippen LogP contribution in [0.4, 0.5) is 5.69 Å². The van der Waals surface area contributed by atoms with Gasteiger partial charge in [0, 0.05) is 26.2 Å². The smallest absolute Gasteiger partial charge is 0.260 e. The van der Waals surface area contributed by atoms with E-state index in [9.17, 15) is 9.90 Å². The van der Waals surface area contributed by atoms with Crippen LogP contribution in [-0.4, -0.2) is 60.6 Å². The molecule has 1 aliphatic rings. The number of rotatable bonds is 3. The van der Waals surface area contributed by atoms with Crippen molar-refractivity contribution in [2.45, 2.75) is 0 Å². The van der Waals surface area contributed by atoms with E-state index in [1.54, 1.807) is 17.0 Å². The van der Waals surface area contributed by atoms with Crippen molar-refractivity contribution in [3.8, 4) is 11.5 Å². The van der Waals surface area contributed by atoms with Crippen molar-refractivity contribution in [2.75, 3.05) is 45.6 Å². The van der Waals surface area contributed by atoms with Crippen LogP contribution in [0.1, 0.15) is 0 Å². The molecule has 2 rings (SSSR count). The van der Waals surface area contributed by atoms with Crippen LogP contribution in [-0.2, 0) is 4.79 Å². The van der Waals surface area contributed by atoms with E-state index in [1.165, 1.54) is 6.07 Å². The minimum absolute atomic E-state index is 0.0375. The zero-order valence-electron chi connectivity index (χ0n) is 11.0. The predicted octanol–water partition coefficient (Wildman–Crippen LogP) is 0.127. The zero-order valence-corrected chi connectivity index (χ0v) is 11.0. The van der Waals surface area contributed by atoms with Crippen molar-refractivity contribution in [1.82, 2.24) is 9.80 Å². The molecule has 3 N–H and O–H groups in total. The second-order valence-corrected chi connectivity index (χ2v) is 4.66. The highest BCUT2D eigenvalue weighted by Gasteiger charge is 2.19. The highest BCUT2D eigenvalue weighted by Crippen LogP contribution is 2.29. The van der Waals surface area contributed by atoms with Gasteiger partial charge >= 0.3 is 0 Å². The molecular formula is C13H19N3O3. The number of benzene rings is 1. The lowest BCUT2D eigenvalue weighted by Gasteiger charge is -2.32. The molecule has 0 aromatic heterocycles. The van der Waals surface area contributed by atoms with Crippen LogP contribution in [0.2, 0.25) is 0 Å². The van der Waals surface area contributed by atoms with Crippen molar-refractivity contribution in [3.63, 3.8) is 0 Å². The summed E-state index contributed by atoms with van der Waals surface area (Å²) in [5.41, 5.74) is 5.82. The third kappa shape index (κ3) is 3.29. The quantitative estimate of drug-likeness (QED) is 0.600. The molecule has 1 amide bonds. The summed E-state index contributed by atoms with van der Waals surface area (Å²) in [6, 6.07) is 4.73. The Hall–Kier alpha value is -1.95. The van der Waals surface area contributed by atoms with Crippen LogP contribution < -0.4 is 10.5 Å². The van der Waals surface area contributed by atoms with Crippen molar-refractivity contribution in [3.05, 3.63) is 18.2 Å². The largest absolute Gasteiger partial charge is 0.506 e. The fourth-order valence-corrected chi connectivity index (χ4v) is 1.94. The number of amides is 1. The number of likely N-dealkylation sites (N-methyl/N-ethyl adjacent to an activating group) is 1. The number of nitrogens with two attached hydrogens (primary N) is 1. The van der Waals surface area contributed by atoms with Gasteiger partial charge in [-0.1, -0.05) is 6.07 Å². The van der Waals surface area contributed by atoms with Crippen LogP contribution in [0.5, 0.6) is 11.5 Å². The Morgan fingerprint density at radius 3 is 2.74 bits per heavy atom. The summed E-state index contributed by atoms with van der Waals surface area (Å²) in [5, 5.41) is 9.44. The highest BCUT2D eigenvalue weighted by molar-refractivity contribution is 5.78. The molecule has 0 spiro atoms. The van der Waals surface area contributed by atoms with Gasteiger partial charge in [0.05, 0.1) is 0 Å². The minimum Gasteiger partial charge on any atom is -0.506 e. The van der Waals surface area contributed by atoms with Crippen LogP contribution in [0.25, 0.3) is 0 Å². The Bertz CT molecular complexity index is 456. The lowest BCUT2D eigenvalue weighted by atomic mass is 10.3. The van der Waals surface area contributed by atoms with Crippen molar-refractivity contribution in [1.29, 1.82) is 0 Å². The monoisotopic (exact) mass is 265 g/mol. The highest BCUT2D eigenvalue weighted by atomic mass is 16.5. The molecule has 1 aromatic rings. The fraction of sp³-hybridized carbons (Fsp3) is 0.462. The molecule has 19 heavy (non-hydrogen) atoms. The first-order valence-corrected chi connectivity index (χ1v) is 6.24. The van der Waals surface area contributed by atoms with Gasteiger partial charge in [0.1, 0.15) is 17.2 Å². The molecule has 0 saturated carbocycles. The standard InChI is InChI=1S/C13H19N3O3/c1-15-5-7-16(8-6-15)12(18)9-19-11-4-2-3-10(17)13(11)14/h2-4,17H,5-9,14H2,1H3. The molecule has 0 atom stereocenters.